The van der Waals surface area contributed by atoms with Crippen molar-refractivity contribution >= 4 is 5.91 Å². The first kappa shape index (κ1) is 14.2. The van der Waals surface area contributed by atoms with Gasteiger partial charge in [0.05, 0.1) is 0 Å². The molecular formula is C16H22N2O3. The Balaban J connectivity index is 1.64. The molecule has 1 unspecified atom stereocenters. The van der Waals surface area contributed by atoms with Crippen LogP contribution in [0.15, 0.2) is 18.2 Å². The maximum atomic E-state index is 12.6. The molecule has 0 radical (unpaired) electrons. The summed E-state index contributed by atoms with van der Waals surface area (Å²) in [4.78, 5) is 16.9. The van der Waals surface area contributed by atoms with Crippen molar-refractivity contribution in [3.05, 3.63) is 23.8 Å². The van der Waals surface area contributed by atoms with Crippen LogP contribution in [0.25, 0.3) is 0 Å². The Labute approximate surface area is 125 Å². The smallest absolute Gasteiger partial charge is 0.254 e. The molecule has 5 nitrogen and oxygen atoms in total. The second-order valence-electron chi connectivity index (χ2n) is 5.65. The number of hydrogen-bond donors (Lipinski definition) is 0. The maximum absolute atomic E-state index is 12.6. The minimum Gasteiger partial charge on any atom is -0.454 e. The number of rotatable bonds is 3. The summed E-state index contributed by atoms with van der Waals surface area (Å²) in [6.45, 7) is 8.16. The SMILES string of the molecule is CCC(C)N1CCN(C(=O)c2ccc3c(c2)OCO3)CC1. The number of carbonyl (C=O) groups is 1. The van der Waals surface area contributed by atoms with Crippen molar-refractivity contribution in [1.82, 2.24) is 9.80 Å². The minimum atomic E-state index is 0.0806. The lowest BCUT2D eigenvalue weighted by atomic mass is 10.1. The second-order valence-corrected chi connectivity index (χ2v) is 5.65. The summed E-state index contributed by atoms with van der Waals surface area (Å²) in [6, 6.07) is 6.00. The van der Waals surface area contributed by atoms with E-state index in [1.54, 1.807) is 6.07 Å². The number of hydrogen-bond acceptors (Lipinski definition) is 4. The first-order chi connectivity index (χ1) is 10.2. The van der Waals surface area contributed by atoms with Crippen molar-refractivity contribution in [2.45, 2.75) is 26.3 Å². The molecule has 2 aliphatic heterocycles. The molecule has 3 rings (SSSR count). The molecule has 5 heteroatoms. The fourth-order valence-electron chi connectivity index (χ4n) is 2.84. The van der Waals surface area contributed by atoms with E-state index in [2.05, 4.69) is 18.7 Å². The van der Waals surface area contributed by atoms with E-state index >= 15 is 0 Å². The predicted molar refractivity (Wildman–Crippen MR) is 79.8 cm³/mol. The summed E-state index contributed by atoms with van der Waals surface area (Å²) < 4.78 is 10.6. The third-order valence-corrected chi connectivity index (χ3v) is 4.44. The van der Waals surface area contributed by atoms with E-state index in [0.717, 1.165) is 32.6 Å². The fourth-order valence-corrected chi connectivity index (χ4v) is 2.84. The number of fused-ring (bicyclic) bond motifs is 1. The average Bonchev–Trinajstić information content (AvgIpc) is 3.01. The molecule has 1 atom stereocenters. The topological polar surface area (TPSA) is 42.0 Å². The summed E-state index contributed by atoms with van der Waals surface area (Å²) in [6.07, 6.45) is 1.15. The Morgan fingerprint density at radius 3 is 2.62 bits per heavy atom. The number of amides is 1. The highest BCUT2D eigenvalue weighted by atomic mass is 16.7. The fraction of sp³-hybridized carbons (Fsp3) is 0.562. The highest BCUT2D eigenvalue weighted by Crippen LogP contribution is 2.32. The highest BCUT2D eigenvalue weighted by molar-refractivity contribution is 5.95. The van der Waals surface area contributed by atoms with Crippen LogP contribution >= 0.6 is 0 Å². The lowest BCUT2D eigenvalue weighted by molar-refractivity contribution is 0.0579. The van der Waals surface area contributed by atoms with Crippen LogP contribution in [0.3, 0.4) is 0 Å². The third kappa shape index (κ3) is 2.83. The van der Waals surface area contributed by atoms with Gasteiger partial charge in [-0.1, -0.05) is 6.92 Å². The van der Waals surface area contributed by atoms with Crippen LogP contribution in [-0.4, -0.2) is 54.7 Å². The number of benzene rings is 1. The van der Waals surface area contributed by atoms with E-state index in [9.17, 15) is 4.79 Å². The molecule has 114 valence electrons. The van der Waals surface area contributed by atoms with Gasteiger partial charge in [0.15, 0.2) is 11.5 Å². The molecule has 1 amide bonds. The van der Waals surface area contributed by atoms with Gasteiger partial charge in [-0.3, -0.25) is 9.69 Å². The molecule has 21 heavy (non-hydrogen) atoms. The normalized spacial score (nSPS) is 19.6. The quantitative estimate of drug-likeness (QED) is 0.853. The Kier molecular flexibility index (Phi) is 4.01. The molecule has 1 aromatic rings. The number of carbonyl (C=O) groups excluding carboxylic acids is 1. The monoisotopic (exact) mass is 290 g/mol. The van der Waals surface area contributed by atoms with Gasteiger partial charge in [-0.05, 0) is 31.5 Å². The van der Waals surface area contributed by atoms with Gasteiger partial charge in [0.25, 0.3) is 5.91 Å². The van der Waals surface area contributed by atoms with Crippen molar-refractivity contribution in [1.29, 1.82) is 0 Å². The molecule has 0 N–H and O–H groups in total. The Hall–Kier alpha value is -1.75. The van der Waals surface area contributed by atoms with Gasteiger partial charge in [0.2, 0.25) is 6.79 Å². The first-order valence-corrected chi connectivity index (χ1v) is 7.62. The van der Waals surface area contributed by atoms with Gasteiger partial charge < -0.3 is 14.4 Å². The maximum Gasteiger partial charge on any atom is 0.254 e. The molecule has 0 aromatic heterocycles. The molecule has 2 heterocycles. The molecule has 0 spiro atoms. The summed E-state index contributed by atoms with van der Waals surface area (Å²) in [5, 5.41) is 0. The van der Waals surface area contributed by atoms with Crippen LogP contribution < -0.4 is 9.47 Å². The highest BCUT2D eigenvalue weighted by Gasteiger charge is 2.25. The molecule has 1 aromatic carbocycles. The zero-order chi connectivity index (χ0) is 14.8. The molecule has 0 saturated carbocycles. The number of ether oxygens (including phenoxy) is 2. The standard InChI is InChI=1S/C16H22N2O3/c1-3-12(2)17-6-8-18(9-7-17)16(19)13-4-5-14-15(10-13)21-11-20-14/h4-5,10,12H,3,6-9,11H2,1-2H3. The molecule has 2 aliphatic rings. The molecule has 1 fully saturated rings. The summed E-state index contributed by atoms with van der Waals surface area (Å²) >= 11 is 0. The summed E-state index contributed by atoms with van der Waals surface area (Å²) in [7, 11) is 0. The van der Waals surface area contributed by atoms with Crippen molar-refractivity contribution in [3.8, 4) is 11.5 Å². The lowest BCUT2D eigenvalue weighted by Gasteiger charge is -2.37. The van der Waals surface area contributed by atoms with Crippen molar-refractivity contribution in [3.63, 3.8) is 0 Å². The Bertz CT molecular complexity index is 524. The molecule has 0 bridgehead atoms. The number of piperazine rings is 1. The van der Waals surface area contributed by atoms with E-state index in [0.29, 0.717) is 23.1 Å². The van der Waals surface area contributed by atoms with Gasteiger partial charge >= 0.3 is 0 Å². The van der Waals surface area contributed by atoms with Crippen LogP contribution in [-0.2, 0) is 0 Å². The largest absolute Gasteiger partial charge is 0.454 e. The van der Waals surface area contributed by atoms with E-state index in [1.807, 2.05) is 17.0 Å². The van der Waals surface area contributed by atoms with E-state index in [-0.39, 0.29) is 12.7 Å². The third-order valence-electron chi connectivity index (χ3n) is 4.44. The zero-order valence-electron chi connectivity index (χ0n) is 12.7. The Morgan fingerprint density at radius 1 is 1.19 bits per heavy atom. The van der Waals surface area contributed by atoms with Crippen LogP contribution in [0, 0.1) is 0 Å². The Morgan fingerprint density at radius 2 is 1.90 bits per heavy atom. The average molecular weight is 290 g/mol. The van der Waals surface area contributed by atoms with Gasteiger partial charge in [0, 0.05) is 37.8 Å². The van der Waals surface area contributed by atoms with E-state index in [1.165, 1.54) is 0 Å². The summed E-state index contributed by atoms with van der Waals surface area (Å²) in [5.41, 5.74) is 0.677. The molecular weight excluding hydrogens is 268 g/mol. The van der Waals surface area contributed by atoms with Gasteiger partial charge in [-0.25, -0.2) is 0 Å². The summed E-state index contributed by atoms with van der Waals surface area (Å²) in [5.74, 6) is 1.46. The van der Waals surface area contributed by atoms with Crippen LogP contribution in [0.4, 0.5) is 0 Å². The first-order valence-electron chi connectivity index (χ1n) is 7.62. The predicted octanol–water partition coefficient (Wildman–Crippen LogP) is 1.97. The molecule has 1 saturated heterocycles. The zero-order valence-corrected chi connectivity index (χ0v) is 12.7. The van der Waals surface area contributed by atoms with Crippen molar-refractivity contribution in [2.75, 3.05) is 33.0 Å². The van der Waals surface area contributed by atoms with Crippen LogP contribution in [0.2, 0.25) is 0 Å². The van der Waals surface area contributed by atoms with Gasteiger partial charge in [-0.15, -0.1) is 0 Å². The second kappa shape index (κ2) is 5.93. The van der Waals surface area contributed by atoms with E-state index in [4.69, 9.17) is 9.47 Å². The van der Waals surface area contributed by atoms with Crippen LogP contribution in [0.1, 0.15) is 30.6 Å². The van der Waals surface area contributed by atoms with Gasteiger partial charge in [0.1, 0.15) is 0 Å². The minimum absolute atomic E-state index is 0.0806. The molecule has 0 aliphatic carbocycles. The lowest BCUT2D eigenvalue weighted by Crippen LogP contribution is -2.51. The number of nitrogens with zero attached hydrogens (tertiary/aromatic N) is 2. The van der Waals surface area contributed by atoms with Crippen LogP contribution in [0.5, 0.6) is 11.5 Å². The van der Waals surface area contributed by atoms with Crippen molar-refractivity contribution < 1.29 is 14.3 Å². The van der Waals surface area contributed by atoms with E-state index < -0.39 is 0 Å². The van der Waals surface area contributed by atoms with Crippen molar-refractivity contribution in [2.24, 2.45) is 0 Å². The van der Waals surface area contributed by atoms with Gasteiger partial charge in [-0.2, -0.15) is 0 Å².